The van der Waals surface area contributed by atoms with E-state index in [4.69, 9.17) is 16.3 Å². The summed E-state index contributed by atoms with van der Waals surface area (Å²) in [5.41, 5.74) is 1.06. The maximum atomic E-state index is 12.0. The molecule has 0 aromatic heterocycles. The van der Waals surface area contributed by atoms with Gasteiger partial charge in [-0.1, -0.05) is 23.7 Å². The fourth-order valence-corrected chi connectivity index (χ4v) is 2.95. The van der Waals surface area contributed by atoms with E-state index in [1.54, 1.807) is 24.3 Å². The lowest BCUT2D eigenvalue weighted by atomic mass is 10.2. The van der Waals surface area contributed by atoms with Gasteiger partial charge >= 0.3 is 5.97 Å². The maximum absolute atomic E-state index is 12.0. The van der Waals surface area contributed by atoms with E-state index < -0.39 is 16.0 Å². The predicted molar refractivity (Wildman–Crippen MR) is 87.9 cm³/mol. The van der Waals surface area contributed by atoms with Crippen LogP contribution in [0, 0.1) is 0 Å². The van der Waals surface area contributed by atoms with Gasteiger partial charge in [0, 0.05) is 19.1 Å². The number of carbonyl (C=O) groups excluding carboxylic acids is 1. The number of hydrogen-bond acceptors (Lipinski definition) is 4. The Balaban J connectivity index is 2.06. The lowest BCUT2D eigenvalue weighted by Gasteiger charge is -2.11. The molecule has 0 aliphatic carbocycles. The van der Waals surface area contributed by atoms with Crippen LogP contribution in [-0.4, -0.2) is 32.8 Å². The Morgan fingerprint density at radius 1 is 1.13 bits per heavy atom. The van der Waals surface area contributed by atoms with Crippen LogP contribution in [0.5, 0.6) is 0 Å². The molecule has 0 saturated heterocycles. The second kappa shape index (κ2) is 7.12. The largest absolute Gasteiger partial charge is 0.457 e. The van der Waals surface area contributed by atoms with E-state index in [9.17, 15) is 13.2 Å². The number of ether oxygens (including phenoxy) is 1. The Morgan fingerprint density at radius 3 is 2.35 bits per heavy atom. The van der Waals surface area contributed by atoms with Crippen molar-refractivity contribution in [2.45, 2.75) is 11.5 Å². The molecule has 0 atom stereocenters. The highest BCUT2D eigenvalue weighted by Crippen LogP contribution is 2.16. The van der Waals surface area contributed by atoms with Crippen LogP contribution in [0.4, 0.5) is 0 Å². The van der Waals surface area contributed by atoms with Crippen LogP contribution in [-0.2, 0) is 21.4 Å². The molecule has 0 fully saturated rings. The number of nitrogens with zero attached hydrogens (tertiary/aromatic N) is 1. The van der Waals surface area contributed by atoms with Gasteiger partial charge in [0.05, 0.1) is 10.5 Å². The molecule has 0 radical (unpaired) electrons. The zero-order valence-electron chi connectivity index (χ0n) is 12.7. The lowest BCUT2D eigenvalue weighted by Crippen LogP contribution is -2.22. The van der Waals surface area contributed by atoms with Gasteiger partial charge in [0.2, 0.25) is 10.0 Å². The molecule has 0 heterocycles. The number of halogens is 1. The predicted octanol–water partition coefficient (Wildman–Crippen LogP) is 2.95. The molecule has 7 heteroatoms. The molecule has 0 aliphatic rings. The number of benzene rings is 2. The van der Waals surface area contributed by atoms with Gasteiger partial charge in [0.25, 0.3) is 0 Å². The van der Waals surface area contributed by atoms with Gasteiger partial charge in [0.15, 0.2) is 0 Å². The standard InChI is InChI=1S/C16H16ClNO4S/c1-18(2)23(20,21)15-8-6-13(7-9-15)16(19)22-11-12-4-3-5-14(17)10-12/h3-10H,11H2,1-2H3. The first-order valence-corrected chi connectivity index (χ1v) is 8.56. The van der Waals surface area contributed by atoms with E-state index in [1.807, 2.05) is 0 Å². The SMILES string of the molecule is CN(C)S(=O)(=O)c1ccc(C(=O)OCc2cccc(Cl)c2)cc1. The summed E-state index contributed by atoms with van der Waals surface area (Å²) >= 11 is 5.86. The Hall–Kier alpha value is -1.89. The summed E-state index contributed by atoms with van der Waals surface area (Å²) in [6, 6.07) is 12.6. The van der Waals surface area contributed by atoms with Crippen molar-refractivity contribution < 1.29 is 17.9 Å². The molecule has 0 bridgehead atoms. The van der Waals surface area contributed by atoms with Gasteiger partial charge in [-0.05, 0) is 42.0 Å². The van der Waals surface area contributed by atoms with Crippen LogP contribution >= 0.6 is 11.6 Å². The van der Waals surface area contributed by atoms with Gasteiger partial charge in [-0.15, -0.1) is 0 Å². The highest BCUT2D eigenvalue weighted by atomic mass is 35.5. The smallest absolute Gasteiger partial charge is 0.338 e. The Labute approximate surface area is 140 Å². The van der Waals surface area contributed by atoms with Crippen molar-refractivity contribution in [1.82, 2.24) is 4.31 Å². The highest BCUT2D eigenvalue weighted by molar-refractivity contribution is 7.89. The molecule has 0 aliphatic heterocycles. The molecule has 122 valence electrons. The van der Waals surface area contributed by atoms with Crippen molar-refractivity contribution in [2.75, 3.05) is 14.1 Å². The number of esters is 1. The zero-order chi connectivity index (χ0) is 17.0. The molecule has 0 saturated carbocycles. The van der Waals surface area contributed by atoms with E-state index in [0.29, 0.717) is 5.02 Å². The average molecular weight is 354 g/mol. The summed E-state index contributed by atoms with van der Waals surface area (Å²) in [7, 11) is -0.619. The second-order valence-electron chi connectivity index (χ2n) is 5.02. The van der Waals surface area contributed by atoms with E-state index in [1.165, 1.54) is 38.4 Å². The van der Waals surface area contributed by atoms with Crippen LogP contribution in [0.3, 0.4) is 0 Å². The summed E-state index contributed by atoms with van der Waals surface area (Å²) in [4.78, 5) is 12.1. The number of hydrogen-bond donors (Lipinski definition) is 0. The third kappa shape index (κ3) is 4.31. The van der Waals surface area contributed by atoms with Crippen LogP contribution < -0.4 is 0 Å². The van der Waals surface area contributed by atoms with Crippen molar-refractivity contribution in [2.24, 2.45) is 0 Å². The van der Waals surface area contributed by atoms with Gasteiger partial charge in [-0.3, -0.25) is 0 Å². The summed E-state index contributed by atoms with van der Waals surface area (Å²) in [5.74, 6) is -0.529. The first kappa shape index (κ1) is 17.5. The summed E-state index contributed by atoms with van der Waals surface area (Å²) in [6.07, 6.45) is 0. The molecule has 0 N–H and O–H groups in total. The lowest BCUT2D eigenvalue weighted by molar-refractivity contribution is 0.0472. The molecule has 0 unspecified atom stereocenters. The van der Waals surface area contributed by atoms with Crippen LogP contribution in [0.1, 0.15) is 15.9 Å². The molecule has 23 heavy (non-hydrogen) atoms. The number of carbonyl (C=O) groups is 1. The van der Waals surface area contributed by atoms with Gasteiger partial charge in [0.1, 0.15) is 6.61 Å². The third-order valence-corrected chi connectivity index (χ3v) is 5.19. The quantitative estimate of drug-likeness (QED) is 0.775. The van der Waals surface area contributed by atoms with Crippen LogP contribution in [0.25, 0.3) is 0 Å². The minimum absolute atomic E-state index is 0.0944. The Morgan fingerprint density at radius 2 is 1.78 bits per heavy atom. The molecular formula is C16H16ClNO4S. The fourth-order valence-electron chi connectivity index (χ4n) is 1.83. The number of sulfonamides is 1. The first-order valence-electron chi connectivity index (χ1n) is 6.75. The van der Waals surface area contributed by atoms with Crippen LogP contribution in [0.15, 0.2) is 53.4 Å². The second-order valence-corrected chi connectivity index (χ2v) is 7.61. The maximum Gasteiger partial charge on any atom is 0.338 e. The fraction of sp³-hybridized carbons (Fsp3) is 0.188. The molecular weight excluding hydrogens is 338 g/mol. The van der Waals surface area contributed by atoms with Crippen molar-refractivity contribution in [3.8, 4) is 0 Å². The van der Waals surface area contributed by atoms with Crippen LogP contribution in [0.2, 0.25) is 5.02 Å². The Kier molecular flexibility index (Phi) is 5.41. The summed E-state index contributed by atoms with van der Waals surface area (Å²) in [6.45, 7) is 0.0944. The highest BCUT2D eigenvalue weighted by Gasteiger charge is 2.17. The minimum Gasteiger partial charge on any atom is -0.457 e. The zero-order valence-corrected chi connectivity index (χ0v) is 14.3. The monoisotopic (exact) mass is 353 g/mol. The van der Waals surface area contributed by atoms with Crippen molar-refractivity contribution in [3.05, 3.63) is 64.7 Å². The van der Waals surface area contributed by atoms with Crippen molar-refractivity contribution >= 4 is 27.6 Å². The third-order valence-electron chi connectivity index (χ3n) is 3.13. The normalized spacial score (nSPS) is 11.5. The van der Waals surface area contributed by atoms with E-state index in [0.717, 1.165) is 9.87 Å². The molecule has 5 nitrogen and oxygen atoms in total. The summed E-state index contributed by atoms with van der Waals surface area (Å²) < 4.78 is 30.2. The number of rotatable bonds is 5. The molecule has 2 aromatic carbocycles. The summed E-state index contributed by atoms with van der Waals surface area (Å²) in [5, 5.41) is 0.566. The van der Waals surface area contributed by atoms with Gasteiger partial charge in [-0.25, -0.2) is 17.5 Å². The van der Waals surface area contributed by atoms with Gasteiger partial charge in [-0.2, -0.15) is 0 Å². The average Bonchev–Trinajstić information content (AvgIpc) is 2.52. The van der Waals surface area contributed by atoms with Crippen molar-refractivity contribution in [1.29, 1.82) is 0 Å². The minimum atomic E-state index is -3.51. The van der Waals surface area contributed by atoms with E-state index in [-0.39, 0.29) is 17.1 Å². The molecule has 0 amide bonds. The molecule has 0 spiro atoms. The molecule has 2 rings (SSSR count). The van der Waals surface area contributed by atoms with E-state index >= 15 is 0 Å². The Bertz CT molecular complexity index is 801. The first-order chi connectivity index (χ1) is 10.8. The van der Waals surface area contributed by atoms with Crippen molar-refractivity contribution in [3.63, 3.8) is 0 Å². The van der Waals surface area contributed by atoms with E-state index in [2.05, 4.69) is 0 Å². The topological polar surface area (TPSA) is 63.7 Å². The molecule has 2 aromatic rings. The van der Waals surface area contributed by atoms with Gasteiger partial charge < -0.3 is 4.74 Å².